The highest BCUT2D eigenvalue weighted by atomic mass is 16.5. The van der Waals surface area contributed by atoms with Gasteiger partial charge in [0.2, 0.25) is 0 Å². The summed E-state index contributed by atoms with van der Waals surface area (Å²) in [6.07, 6.45) is 6.83. The Balaban J connectivity index is 1.55. The molecule has 1 N–H and O–H groups in total. The Morgan fingerprint density at radius 3 is 3.29 bits per heavy atom. The second-order valence-corrected chi connectivity index (χ2v) is 3.73. The minimum atomic E-state index is 0.720. The molecule has 1 saturated heterocycles. The largest absolute Gasteiger partial charge is 0.379 e. The van der Waals surface area contributed by atoms with E-state index in [1.165, 1.54) is 6.42 Å². The van der Waals surface area contributed by atoms with E-state index in [-0.39, 0.29) is 0 Å². The minimum Gasteiger partial charge on any atom is -0.379 e. The number of aromatic nitrogens is 2. The molecule has 0 aromatic carbocycles. The molecule has 0 amide bonds. The topological polar surface area (TPSA) is 39.1 Å². The molecule has 1 aromatic heterocycles. The highest BCUT2D eigenvalue weighted by molar-refractivity contribution is 4.74. The van der Waals surface area contributed by atoms with Crippen molar-refractivity contribution in [1.82, 2.24) is 14.9 Å². The number of ether oxygens (including phenoxy) is 1. The molecular weight excluding hydrogens is 178 g/mol. The molecule has 0 aliphatic carbocycles. The molecule has 1 unspecified atom stereocenters. The lowest BCUT2D eigenvalue weighted by atomic mass is 10.1. The molecule has 0 radical (unpaired) electrons. The van der Waals surface area contributed by atoms with Crippen molar-refractivity contribution in [3.63, 3.8) is 0 Å². The summed E-state index contributed by atoms with van der Waals surface area (Å²) in [5.41, 5.74) is 0. The van der Waals surface area contributed by atoms with E-state index in [0.29, 0.717) is 0 Å². The average Bonchev–Trinajstić information content (AvgIpc) is 2.86. The zero-order valence-electron chi connectivity index (χ0n) is 8.35. The first kappa shape index (κ1) is 9.68. The molecule has 0 spiro atoms. The minimum absolute atomic E-state index is 0.720. The van der Waals surface area contributed by atoms with Crippen LogP contribution in [0.5, 0.6) is 0 Å². The first-order chi connectivity index (χ1) is 6.95. The first-order valence-electron chi connectivity index (χ1n) is 5.19. The predicted molar refractivity (Wildman–Crippen MR) is 54.0 cm³/mol. The van der Waals surface area contributed by atoms with Gasteiger partial charge in [-0.15, -0.1) is 0 Å². The van der Waals surface area contributed by atoms with Gasteiger partial charge >= 0.3 is 0 Å². The molecule has 1 fully saturated rings. The van der Waals surface area contributed by atoms with Crippen molar-refractivity contribution >= 4 is 0 Å². The fourth-order valence-corrected chi connectivity index (χ4v) is 1.70. The number of hydrogen-bond acceptors (Lipinski definition) is 3. The van der Waals surface area contributed by atoms with Gasteiger partial charge in [-0.05, 0) is 18.9 Å². The van der Waals surface area contributed by atoms with Crippen LogP contribution in [0.25, 0.3) is 0 Å². The van der Waals surface area contributed by atoms with Crippen molar-refractivity contribution in [3.8, 4) is 0 Å². The highest BCUT2D eigenvalue weighted by Crippen LogP contribution is 2.07. The molecule has 4 nitrogen and oxygen atoms in total. The SMILES string of the molecule is c1cn(CCOCC2CCNC2)cn1. The lowest BCUT2D eigenvalue weighted by Gasteiger charge is -2.09. The number of imidazole rings is 1. The third-order valence-corrected chi connectivity index (χ3v) is 2.57. The van der Waals surface area contributed by atoms with E-state index in [9.17, 15) is 0 Å². The maximum Gasteiger partial charge on any atom is 0.0946 e. The Hall–Kier alpha value is -0.870. The van der Waals surface area contributed by atoms with Gasteiger partial charge in [-0.3, -0.25) is 0 Å². The van der Waals surface area contributed by atoms with Gasteiger partial charge in [0, 0.05) is 25.5 Å². The molecule has 78 valence electrons. The fraction of sp³-hybridized carbons (Fsp3) is 0.700. The van der Waals surface area contributed by atoms with Crippen LogP contribution in [-0.4, -0.2) is 35.9 Å². The lowest BCUT2D eigenvalue weighted by molar-refractivity contribution is 0.0984. The maximum atomic E-state index is 5.60. The molecular formula is C10H17N3O. The van der Waals surface area contributed by atoms with Gasteiger partial charge in [-0.25, -0.2) is 4.98 Å². The second-order valence-electron chi connectivity index (χ2n) is 3.73. The summed E-state index contributed by atoms with van der Waals surface area (Å²) in [6.45, 7) is 4.84. The summed E-state index contributed by atoms with van der Waals surface area (Å²) in [5.74, 6) is 0.720. The average molecular weight is 195 g/mol. The van der Waals surface area contributed by atoms with E-state index in [2.05, 4.69) is 10.3 Å². The van der Waals surface area contributed by atoms with Gasteiger partial charge in [-0.2, -0.15) is 0 Å². The number of hydrogen-bond donors (Lipinski definition) is 1. The standard InChI is InChI=1S/C10H17N3O/c1-2-11-7-10(1)8-14-6-5-13-4-3-12-9-13/h3-4,9-11H,1-2,5-8H2. The highest BCUT2D eigenvalue weighted by Gasteiger charge is 2.13. The van der Waals surface area contributed by atoms with Crippen molar-refractivity contribution in [2.45, 2.75) is 13.0 Å². The molecule has 0 saturated carbocycles. The Morgan fingerprint density at radius 2 is 2.57 bits per heavy atom. The van der Waals surface area contributed by atoms with Gasteiger partial charge in [0.25, 0.3) is 0 Å². The van der Waals surface area contributed by atoms with Gasteiger partial charge in [0.05, 0.1) is 19.5 Å². The molecule has 0 bridgehead atoms. The molecule has 1 aromatic rings. The molecule has 1 aliphatic rings. The van der Waals surface area contributed by atoms with Crippen molar-refractivity contribution in [2.24, 2.45) is 5.92 Å². The van der Waals surface area contributed by atoms with Crippen molar-refractivity contribution in [3.05, 3.63) is 18.7 Å². The summed E-state index contributed by atoms with van der Waals surface area (Å²) < 4.78 is 7.64. The maximum absolute atomic E-state index is 5.60. The first-order valence-corrected chi connectivity index (χ1v) is 5.19. The third-order valence-electron chi connectivity index (χ3n) is 2.57. The van der Waals surface area contributed by atoms with Gasteiger partial charge in [-0.1, -0.05) is 0 Å². The predicted octanol–water partition coefficient (Wildman–Crippen LogP) is 0.509. The zero-order chi connectivity index (χ0) is 9.64. The van der Waals surface area contributed by atoms with E-state index in [4.69, 9.17) is 4.74 Å². The Labute approximate surface area is 84.3 Å². The van der Waals surface area contributed by atoms with Crippen LogP contribution in [0.15, 0.2) is 18.7 Å². The Kier molecular flexibility index (Phi) is 3.54. The quantitative estimate of drug-likeness (QED) is 0.696. The monoisotopic (exact) mass is 195 g/mol. The lowest BCUT2D eigenvalue weighted by Crippen LogP contribution is -2.15. The van der Waals surface area contributed by atoms with Gasteiger partial charge < -0.3 is 14.6 Å². The van der Waals surface area contributed by atoms with Crippen LogP contribution in [0.4, 0.5) is 0 Å². The van der Waals surface area contributed by atoms with Gasteiger partial charge in [0.15, 0.2) is 0 Å². The van der Waals surface area contributed by atoms with Crippen LogP contribution < -0.4 is 5.32 Å². The van der Waals surface area contributed by atoms with Crippen LogP contribution in [0, 0.1) is 5.92 Å². The Bertz CT molecular complexity index is 242. The van der Waals surface area contributed by atoms with Crippen LogP contribution in [0.2, 0.25) is 0 Å². The smallest absolute Gasteiger partial charge is 0.0946 e. The summed E-state index contributed by atoms with van der Waals surface area (Å²) >= 11 is 0. The molecule has 4 heteroatoms. The van der Waals surface area contributed by atoms with Crippen LogP contribution in [-0.2, 0) is 11.3 Å². The number of nitrogens with zero attached hydrogens (tertiary/aromatic N) is 2. The molecule has 14 heavy (non-hydrogen) atoms. The van der Waals surface area contributed by atoms with E-state index < -0.39 is 0 Å². The van der Waals surface area contributed by atoms with E-state index in [1.54, 1.807) is 6.20 Å². The van der Waals surface area contributed by atoms with Crippen molar-refractivity contribution in [1.29, 1.82) is 0 Å². The molecule has 2 heterocycles. The summed E-state index contributed by atoms with van der Waals surface area (Å²) in [6, 6.07) is 0. The second kappa shape index (κ2) is 5.12. The van der Waals surface area contributed by atoms with Crippen molar-refractivity contribution < 1.29 is 4.74 Å². The van der Waals surface area contributed by atoms with Gasteiger partial charge in [0.1, 0.15) is 0 Å². The third kappa shape index (κ3) is 2.82. The molecule has 1 atom stereocenters. The summed E-state index contributed by atoms with van der Waals surface area (Å²) in [7, 11) is 0. The fourth-order valence-electron chi connectivity index (χ4n) is 1.70. The number of rotatable bonds is 5. The van der Waals surface area contributed by atoms with E-state index >= 15 is 0 Å². The molecule has 2 rings (SSSR count). The van der Waals surface area contributed by atoms with Crippen molar-refractivity contribution in [2.75, 3.05) is 26.3 Å². The van der Waals surface area contributed by atoms with E-state index in [1.807, 2.05) is 17.1 Å². The summed E-state index contributed by atoms with van der Waals surface area (Å²) in [4.78, 5) is 3.98. The zero-order valence-corrected chi connectivity index (χ0v) is 8.35. The van der Waals surface area contributed by atoms with Crippen LogP contribution in [0.1, 0.15) is 6.42 Å². The van der Waals surface area contributed by atoms with E-state index in [0.717, 1.165) is 38.8 Å². The van der Waals surface area contributed by atoms with Crippen LogP contribution in [0.3, 0.4) is 0 Å². The number of nitrogens with one attached hydrogen (secondary N) is 1. The normalized spacial score (nSPS) is 21.6. The van der Waals surface area contributed by atoms with Crippen LogP contribution >= 0.6 is 0 Å². The summed E-state index contributed by atoms with van der Waals surface area (Å²) in [5, 5.41) is 3.33. The molecule has 1 aliphatic heterocycles. The Morgan fingerprint density at radius 1 is 1.57 bits per heavy atom.